The third kappa shape index (κ3) is 4.12. The summed E-state index contributed by atoms with van der Waals surface area (Å²) in [6, 6.07) is 1.47. The van der Waals surface area contributed by atoms with Crippen LogP contribution in [-0.4, -0.2) is 23.1 Å². The molecule has 15 heavy (non-hydrogen) atoms. The number of unbranched alkanes of at least 4 members (excludes halogenated alkanes) is 1. The highest BCUT2D eigenvalue weighted by molar-refractivity contribution is 5.32. The smallest absolute Gasteiger partial charge is 0.252 e. The van der Waals surface area contributed by atoms with E-state index in [0.717, 1.165) is 25.8 Å². The van der Waals surface area contributed by atoms with Gasteiger partial charge in [0, 0.05) is 19.0 Å². The predicted molar refractivity (Wildman–Crippen MR) is 61.0 cm³/mol. The summed E-state index contributed by atoms with van der Waals surface area (Å²) >= 11 is 0. The molecule has 1 aromatic heterocycles. The Morgan fingerprint density at radius 1 is 1.53 bits per heavy atom. The molecule has 0 atom stereocenters. The van der Waals surface area contributed by atoms with E-state index in [9.17, 15) is 4.79 Å². The number of H-pyrrole nitrogens is 1. The topological polar surface area (TPSA) is 83.8 Å². The average molecular weight is 210 g/mol. The number of aryl methyl sites for hydroxylation is 1. The molecular weight excluding hydrogens is 192 g/mol. The quantitative estimate of drug-likeness (QED) is 0.596. The molecule has 0 aliphatic carbocycles. The first-order valence-electron chi connectivity index (χ1n) is 5.30. The number of anilines is 1. The second-order valence-corrected chi connectivity index (χ2v) is 3.35. The van der Waals surface area contributed by atoms with Crippen LogP contribution in [0.5, 0.6) is 0 Å². The van der Waals surface area contributed by atoms with Crippen molar-refractivity contribution >= 4 is 5.82 Å². The van der Waals surface area contributed by atoms with Gasteiger partial charge in [0.2, 0.25) is 0 Å². The van der Waals surface area contributed by atoms with E-state index in [2.05, 4.69) is 15.3 Å². The molecule has 1 heterocycles. The van der Waals surface area contributed by atoms with Crippen molar-refractivity contribution < 1.29 is 0 Å². The first-order valence-corrected chi connectivity index (χ1v) is 5.30. The summed E-state index contributed by atoms with van der Waals surface area (Å²) in [6.07, 6.45) is 2.71. The molecule has 0 bridgehead atoms. The molecule has 5 nitrogen and oxygen atoms in total. The Labute approximate surface area is 89.1 Å². The normalized spacial score (nSPS) is 10.3. The van der Waals surface area contributed by atoms with Gasteiger partial charge < -0.3 is 16.0 Å². The lowest BCUT2D eigenvalue weighted by Gasteiger charge is -2.05. The summed E-state index contributed by atoms with van der Waals surface area (Å²) in [6.45, 7) is 3.46. The third-order valence-electron chi connectivity index (χ3n) is 2.06. The summed E-state index contributed by atoms with van der Waals surface area (Å²) in [5, 5.41) is 3.11. The molecular formula is C10H18N4O. The van der Waals surface area contributed by atoms with Gasteiger partial charge in [-0.3, -0.25) is 4.79 Å². The van der Waals surface area contributed by atoms with Crippen molar-refractivity contribution in [1.82, 2.24) is 9.97 Å². The maximum atomic E-state index is 11.2. The number of aromatic amines is 1. The van der Waals surface area contributed by atoms with E-state index in [4.69, 9.17) is 5.73 Å². The minimum absolute atomic E-state index is 0.108. The first kappa shape index (κ1) is 11.7. The Hall–Kier alpha value is -1.36. The SMILES string of the molecule is CCc1nc(NCCCCN)cc(=O)[nH]1. The van der Waals surface area contributed by atoms with E-state index in [0.29, 0.717) is 18.2 Å². The molecule has 5 heteroatoms. The molecule has 0 aromatic carbocycles. The average Bonchev–Trinajstić information content (AvgIpc) is 2.23. The van der Waals surface area contributed by atoms with Crippen LogP contribution in [0.2, 0.25) is 0 Å². The Morgan fingerprint density at radius 2 is 2.33 bits per heavy atom. The molecule has 84 valence electrons. The van der Waals surface area contributed by atoms with Crippen molar-refractivity contribution in [3.63, 3.8) is 0 Å². The number of nitrogens with zero attached hydrogens (tertiary/aromatic N) is 1. The van der Waals surface area contributed by atoms with Crippen LogP contribution in [0.1, 0.15) is 25.6 Å². The van der Waals surface area contributed by atoms with Gasteiger partial charge in [-0.15, -0.1) is 0 Å². The summed E-state index contributed by atoms with van der Waals surface area (Å²) in [5.74, 6) is 1.36. The Morgan fingerprint density at radius 3 is 3.00 bits per heavy atom. The van der Waals surface area contributed by atoms with E-state index in [1.807, 2.05) is 6.92 Å². The zero-order chi connectivity index (χ0) is 11.1. The number of rotatable bonds is 6. The van der Waals surface area contributed by atoms with Crippen LogP contribution < -0.4 is 16.6 Å². The predicted octanol–water partition coefficient (Wildman–Crippen LogP) is 0.483. The highest BCUT2D eigenvalue weighted by atomic mass is 16.1. The van der Waals surface area contributed by atoms with Crippen molar-refractivity contribution in [1.29, 1.82) is 0 Å². The molecule has 0 saturated carbocycles. The Bertz CT molecular complexity index is 348. The van der Waals surface area contributed by atoms with Crippen LogP contribution in [-0.2, 0) is 6.42 Å². The number of hydrogen-bond acceptors (Lipinski definition) is 4. The van der Waals surface area contributed by atoms with Gasteiger partial charge >= 0.3 is 0 Å². The fraction of sp³-hybridized carbons (Fsp3) is 0.600. The minimum atomic E-state index is -0.108. The molecule has 0 spiro atoms. The van der Waals surface area contributed by atoms with Crippen LogP contribution in [0.25, 0.3) is 0 Å². The zero-order valence-corrected chi connectivity index (χ0v) is 9.05. The van der Waals surface area contributed by atoms with Gasteiger partial charge in [0.25, 0.3) is 5.56 Å². The highest BCUT2D eigenvalue weighted by Gasteiger charge is 1.98. The van der Waals surface area contributed by atoms with Crippen LogP contribution >= 0.6 is 0 Å². The van der Waals surface area contributed by atoms with E-state index < -0.39 is 0 Å². The third-order valence-corrected chi connectivity index (χ3v) is 2.06. The highest BCUT2D eigenvalue weighted by Crippen LogP contribution is 1.99. The van der Waals surface area contributed by atoms with Crippen molar-refractivity contribution in [2.24, 2.45) is 5.73 Å². The van der Waals surface area contributed by atoms with Crippen molar-refractivity contribution in [3.8, 4) is 0 Å². The van der Waals surface area contributed by atoms with Crippen LogP contribution in [0.4, 0.5) is 5.82 Å². The lowest BCUT2D eigenvalue weighted by Crippen LogP contribution is -2.14. The molecule has 0 amide bonds. The lowest BCUT2D eigenvalue weighted by molar-refractivity contribution is 0.770. The summed E-state index contributed by atoms with van der Waals surface area (Å²) in [5.41, 5.74) is 5.27. The molecule has 4 N–H and O–H groups in total. The van der Waals surface area contributed by atoms with Crippen LogP contribution in [0.15, 0.2) is 10.9 Å². The van der Waals surface area contributed by atoms with E-state index >= 15 is 0 Å². The van der Waals surface area contributed by atoms with Crippen molar-refractivity contribution in [2.45, 2.75) is 26.2 Å². The van der Waals surface area contributed by atoms with Gasteiger partial charge in [-0.05, 0) is 19.4 Å². The van der Waals surface area contributed by atoms with Crippen LogP contribution in [0.3, 0.4) is 0 Å². The Balaban J connectivity index is 2.53. The first-order chi connectivity index (χ1) is 7.26. The zero-order valence-electron chi connectivity index (χ0n) is 9.05. The fourth-order valence-electron chi connectivity index (χ4n) is 1.25. The van der Waals surface area contributed by atoms with Crippen LogP contribution in [0, 0.1) is 0 Å². The Kier molecular flexibility index (Phi) is 4.83. The summed E-state index contributed by atoms with van der Waals surface area (Å²) in [7, 11) is 0. The van der Waals surface area contributed by atoms with Gasteiger partial charge in [-0.2, -0.15) is 0 Å². The molecule has 0 aliphatic heterocycles. The molecule has 0 unspecified atom stereocenters. The standard InChI is InChI=1S/C10H18N4O/c1-2-8-13-9(7-10(15)14-8)12-6-4-3-5-11/h7H,2-6,11H2,1H3,(H2,12,13,14,15). The van der Waals surface area contributed by atoms with E-state index in [1.165, 1.54) is 6.07 Å². The van der Waals surface area contributed by atoms with Gasteiger partial charge in [-0.25, -0.2) is 4.98 Å². The van der Waals surface area contributed by atoms with Crippen molar-refractivity contribution in [2.75, 3.05) is 18.4 Å². The second kappa shape index (κ2) is 6.19. The van der Waals surface area contributed by atoms with Crippen molar-refractivity contribution in [3.05, 3.63) is 22.2 Å². The second-order valence-electron chi connectivity index (χ2n) is 3.35. The lowest BCUT2D eigenvalue weighted by atomic mass is 10.3. The number of aromatic nitrogens is 2. The van der Waals surface area contributed by atoms with Gasteiger partial charge in [0.1, 0.15) is 11.6 Å². The summed E-state index contributed by atoms with van der Waals surface area (Å²) < 4.78 is 0. The largest absolute Gasteiger partial charge is 0.370 e. The molecule has 1 rings (SSSR count). The minimum Gasteiger partial charge on any atom is -0.370 e. The maximum Gasteiger partial charge on any atom is 0.252 e. The number of nitrogens with one attached hydrogen (secondary N) is 2. The molecule has 0 radical (unpaired) electrons. The van der Waals surface area contributed by atoms with Gasteiger partial charge in [0.15, 0.2) is 0 Å². The molecule has 0 saturated heterocycles. The van der Waals surface area contributed by atoms with Gasteiger partial charge in [-0.1, -0.05) is 6.92 Å². The van der Waals surface area contributed by atoms with Gasteiger partial charge in [0.05, 0.1) is 0 Å². The number of nitrogens with two attached hydrogens (primary N) is 1. The van der Waals surface area contributed by atoms with E-state index in [-0.39, 0.29) is 5.56 Å². The molecule has 0 fully saturated rings. The maximum absolute atomic E-state index is 11.2. The monoisotopic (exact) mass is 210 g/mol. The fourth-order valence-corrected chi connectivity index (χ4v) is 1.25. The summed E-state index contributed by atoms with van der Waals surface area (Å²) in [4.78, 5) is 18.1. The molecule has 1 aromatic rings. The molecule has 0 aliphatic rings. The number of hydrogen-bond donors (Lipinski definition) is 3. The van der Waals surface area contributed by atoms with E-state index in [1.54, 1.807) is 0 Å².